The number of rotatable bonds is 6. The number of benzene rings is 2. The average molecular weight is 444 g/mol. The maximum Gasteiger partial charge on any atom is 0.309 e. The fourth-order valence-corrected chi connectivity index (χ4v) is 4.86. The standard InChI is InChI=1S/C24H28O8/c1-26-16-9-12-7-14-11-32-24(25)15(14)8-13-10-17(27-2)21(29-4)23(31-6)19(13)18(12)22(30-5)20(16)28-3/h9-10,14-15H,7-8,11H2,1-6H3/t14-,15-/m1/s1. The highest BCUT2D eigenvalue weighted by atomic mass is 16.5. The minimum atomic E-state index is -0.274. The predicted molar refractivity (Wildman–Crippen MR) is 117 cm³/mol. The van der Waals surface area contributed by atoms with Crippen molar-refractivity contribution in [3.63, 3.8) is 0 Å². The molecule has 2 aromatic rings. The van der Waals surface area contributed by atoms with Gasteiger partial charge in [-0.25, -0.2) is 0 Å². The zero-order chi connectivity index (χ0) is 23.0. The van der Waals surface area contributed by atoms with Gasteiger partial charge < -0.3 is 33.2 Å². The summed E-state index contributed by atoms with van der Waals surface area (Å²) in [6, 6.07) is 3.83. The van der Waals surface area contributed by atoms with Crippen LogP contribution >= 0.6 is 0 Å². The van der Waals surface area contributed by atoms with E-state index in [2.05, 4.69) is 0 Å². The Morgan fingerprint density at radius 2 is 1.16 bits per heavy atom. The van der Waals surface area contributed by atoms with E-state index in [1.165, 1.54) is 0 Å². The fourth-order valence-electron chi connectivity index (χ4n) is 4.86. The van der Waals surface area contributed by atoms with E-state index in [0.717, 1.165) is 22.3 Å². The third kappa shape index (κ3) is 3.25. The summed E-state index contributed by atoms with van der Waals surface area (Å²) in [6.45, 7) is 0.374. The molecule has 1 aliphatic carbocycles. The van der Waals surface area contributed by atoms with Crippen LogP contribution in [-0.4, -0.2) is 55.2 Å². The minimum Gasteiger partial charge on any atom is -0.493 e. The van der Waals surface area contributed by atoms with Gasteiger partial charge in [-0.05, 0) is 36.1 Å². The van der Waals surface area contributed by atoms with Crippen molar-refractivity contribution in [2.24, 2.45) is 11.8 Å². The Morgan fingerprint density at radius 1 is 0.688 bits per heavy atom. The molecule has 1 aliphatic heterocycles. The maximum absolute atomic E-state index is 12.6. The van der Waals surface area contributed by atoms with Crippen molar-refractivity contribution in [2.75, 3.05) is 49.3 Å². The molecule has 8 nitrogen and oxygen atoms in total. The van der Waals surface area contributed by atoms with Crippen molar-refractivity contribution in [3.8, 4) is 45.6 Å². The van der Waals surface area contributed by atoms with Crippen LogP contribution in [0.25, 0.3) is 11.1 Å². The summed E-state index contributed by atoms with van der Waals surface area (Å²) < 4.78 is 39.7. The van der Waals surface area contributed by atoms with E-state index in [1.807, 2.05) is 12.1 Å². The van der Waals surface area contributed by atoms with Gasteiger partial charge in [0.15, 0.2) is 23.0 Å². The van der Waals surface area contributed by atoms with Crippen LogP contribution in [-0.2, 0) is 22.4 Å². The lowest BCUT2D eigenvalue weighted by molar-refractivity contribution is -0.141. The van der Waals surface area contributed by atoms with E-state index in [9.17, 15) is 4.79 Å². The maximum atomic E-state index is 12.6. The smallest absolute Gasteiger partial charge is 0.309 e. The second-order valence-corrected chi connectivity index (χ2v) is 7.76. The molecule has 0 saturated carbocycles. The molecule has 0 bridgehead atoms. The van der Waals surface area contributed by atoms with Gasteiger partial charge in [0.1, 0.15) is 0 Å². The highest BCUT2D eigenvalue weighted by molar-refractivity contribution is 5.89. The fraction of sp³-hybridized carbons (Fsp3) is 0.458. The molecular weight excluding hydrogens is 416 g/mol. The molecule has 172 valence electrons. The Bertz CT molecular complexity index is 1050. The molecule has 4 rings (SSSR count). The number of cyclic esters (lactones) is 1. The number of ether oxygens (including phenoxy) is 7. The highest BCUT2D eigenvalue weighted by Crippen LogP contribution is 2.56. The van der Waals surface area contributed by atoms with Crippen LogP contribution < -0.4 is 28.4 Å². The summed E-state index contributed by atoms with van der Waals surface area (Å²) >= 11 is 0. The zero-order valence-electron chi connectivity index (χ0n) is 19.2. The Balaban J connectivity index is 2.14. The number of methoxy groups -OCH3 is 6. The molecule has 0 unspecified atom stereocenters. The second-order valence-electron chi connectivity index (χ2n) is 7.76. The van der Waals surface area contributed by atoms with Crippen molar-refractivity contribution in [1.29, 1.82) is 0 Å². The molecule has 1 fully saturated rings. The van der Waals surface area contributed by atoms with E-state index in [1.54, 1.807) is 42.7 Å². The summed E-state index contributed by atoms with van der Waals surface area (Å²) in [5.41, 5.74) is 3.41. The molecule has 32 heavy (non-hydrogen) atoms. The second kappa shape index (κ2) is 8.68. The van der Waals surface area contributed by atoms with Gasteiger partial charge in [0.25, 0.3) is 0 Å². The van der Waals surface area contributed by atoms with Gasteiger partial charge in [-0.3, -0.25) is 4.79 Å². The normalized spacial score (nSPS) is 18.9. The molecule has 8 heteroatoms. The topological polar surface area (TPSA) is 81.7 Å². The molecule has 0 N–H and O–H groups in total. The van der Waals surface area contributed by atoms with Gasteiger partial charge in [0.05, 0.1) is 55.2 Å². The number of hydrogen-bond donors (Lipinski definition) is 0. The third-order valence-electron chi connectivity index (χ3n) is 6.31. The van der Waals surface area contributed by atoms with Gasteiger partial charge in [-0.2, -0.15) is 0 Å². The number of fused-ring (bicyclic) bond motifs is 4. The lowest BCUT2D eigenvalue weighted by Gasteiger charge is -2.29. The summed E-state index contributed by atoms with van der Waals surface area (Å²) in [4.78, 5) is 12.6. The quantitative estimate of drug-likeness (QED) is 0.628. The molecule has 0 amide bonds. The lowest BCUT2D eigenvalue weighted by Crippen LogP contribution is -2.23. The molecular formula is C24H28O8. The van der Waals surface area contributed by atoms with Gasteiger partial charge in [-0.15, -0.1) is 0 Å². The van der Waals surface area contributed by atoms with Gasteiger partial charge in [-0.1, -0.05) is 0 Å². The van der Waals surface area contributed by atoms with E-state index < -0.39 is 0 Å². The molecule has 2 aromatic carbocycles. The SMILES string of the molecule is COc1cc2c(c(OC)c1OC)-c1c(cc(OC)c(OC)c1OC)C[C@H]1C(=O)OC[C@H]1C2. The van der Waals surface area contributed by atoms with Gasteiger partial charge in [0.2, 0.25) is 11.5 Å². The van der Waals surface area contributed by atoms with E-state index in [4.69, 9.17) is 33.2 Å². The summed E-state index contributed by atoms with van der Waals surface area (Å²) in [5.74, 6) is 2.59. The molecule has 1 saturated heterocycles. The first-order valence-corrected chi connectivity index (χ1v) is 10.3. The zero-order valence-corrected chi connectivity index (χ0v) is 19.2. The monoisotopic (exact) mass is 444 g/mol. The van der Waals surface area contributed by atoms with Crippen LogP contribution in [0.2, 0.25) is 0 Å². The molecule has 0 spiro atoms. The van der Waals surface area contributed by atoms with Crippen molar-refractivity contribution < 1.29 is 38.0 Å². The average Bonchev–Trinajstić information content (AvgIpc) is 3.14. The minimum absolute atomic E-state index is 0.0244. The molecule has 2 atom stereocenters. The van der Waals surface area contributed by atoms with Crippen LogP contribution in [0.1, 0.15) is 11.1 Å². The van der Waals surface area contributed by atoms with E-state index >= 15 is 0 Å². The number of carbonyl (C=O) groups excluding carboxylic acids is 1. The van der Waals surface area contributed by atoms with E-state index in [-0.39, 0.29) is 17.8 Å². The first-order valence-electron chi connectivity index (χ1n) is 10.3. The van der Waals surface area contributed by atoms with Gasteiger partial charge >= 0.3 is 5.97 Å². The molecule has 0 aromatic heterocycles. The first kappa shape index (κ1) is 21.9. The molecule has 0 radical (unpaired) electrons. The summed E-state index contributed by atoms with van der Waals surface area (Å²) in [6.07, 6.45) is 1.09. The van der Waals surface area contributed by atoms with Crippen molar-refractivity contribution >= 4 is 5.97 Å². The predicted octanol–water partition coefficient (Wildman–Crippen LogP) is 3.29. The van der Waals surface area contributed by atoms with Crippen LogP contribution in [0, 0.1) is 11.8 Å². The summed E-state index contributed by atoms with van der Waals surface area (Å²) in [5, 5.41) is 0. The molecule has 2 aliphatic rings. The largest absolute Gasteiger partial charge is 0.493 e. The Morgan fingerprint density at radius 3 is 1.59 bits per heavy atom. The van der Waals surface area contributed by atoms with Crippen LogP contribution in [0.5, 0.6) is 34.5 Å². The Kier molecular flexibility index (Phi) is 5.95. The van der Waals surface area contributed by atoms with Crippen molar-refractivity contribution in [1.82, 2.24) is 0 Å². The van der Waals surface area contributed by atoms with Crippen molar-refractivity contribution in [3.05, 3.63) is 23.3 Å². The van der Waals surface area contributed by atoms with Crippen LogP contribution in [0.4, 0.5) is 0 Å². The lowest BCUT2D eigenvalue weighted by atomic mass is 9.77. The number of carbonyl (C=O) groups is 1. The number of hydrogen-bond acceptors (Lipinski definition) is 8. The Hall–Kier alpha value is -3.29. The van der Waals surface area contributed by atoms with Crippen LogP contribution in [0.3, 0.4) is 0 Å². The Labute approximate surface area is 187 Å². The third-order valence-corrected chi connectivity index (χ3v) is 6.31. The van der Waals surface area contributed by atoms with Gasteiger partial charge in [0, 0.05) is 17.0 Å². The van der Waals surface area contributed by atoms with Crippen LogP contribution in [0.15, 0.2) is 12.1 Å². The molecule has 1 heterocycles. The van der Waals surface area contributed by atoms with Crippen molar-refractivity contribution in [2.45, 2.75) is 12.8 Å². The highest BCUT2D eigenvalue weighted by Gasteiger charge is 2.41. The number of esters is 1. The first-order chi connectivity index (χ1) is 15.5. The summed E-state index contributed by atoms with van der Waals surface area (Å²) in [7, 11) is 9.46. The van der Waals surface area contributed by atoms with E-state index in [0.29, 0.717) is 53.9 Å².